The first-order valence-electron chi connectivity index (χ1n) is 6.81. The molecule has 0 radical (unpaired) electrons. The van der Waals surface area contributed by atoms with Gasteiger partial charge in [-0.2, -0.15) is 0 Å². The molecule has 3 atom stereocenters. The van der Waals surface area contributed by atoms with Crippen molar-refractivity contribution in [3.05, 3.63) is 29.8 Å². The molecule has 2 aliphatic rings. The summed E-state index contributed by atoms with van der Waals surface area (Å²) in [5, 5.41) is 0. The van der Waals surface area contributed by atoms with Crippen LogP contribution in [0.1, 0.15) is 31.2 Å². The molecule has 2 saturated carbocycles. The van der Waals surface area contributed by atoms with Gasteiger partial charge in [0.15, 0.2) is 0 Å². The summed E-state index contributed by atoms with van der Waals surface area (Å²) in [6.07, 6.45) is 6.91. The van der Waals surface area contributed by atoms with E-state index in [1.165, 1.54) is 31.2 Å². The Kier molecular flexibility index (Phi) is 3.06. The summed E-state index contributed by atoms with van der Waals surface area (Å²) in [5.74, 6) is 2.80. The van der Waals surface area contributed by atoms with Gasteiger partial charge in [-0.25, -0.2) is 0 Å². The van der Waals surface area contributed by atoms with E-state index in [4.69, 9.17) is 10.5 Å². The summed E-state index contributed by atoms with van der Waals surface area (Å²) >= 11 is 0. The lowest BCUT2D eigenvalue weighted by Crippen LogP contribution is -2.23. The third kappa shape index (κ3) is 2.32. The van der Waals surface area contributed by atoms with Gasteiger partial charge >= 0.3 is 0 Å². The molecule has 3 unspecified atom stereocenters. The van der Waals surface area contributed by atoms with Crippen LogP contribution in [-0.2, 0) is 6.42 Å². The molecule has 2 heteroatoms. The molecule has 0 spiro atoms. The minimum absolute atomic E-state index is 0.481. The van der Waals surface area contributed by atoms with E-state index in [0.29, 0.717) is 12.6 Å². The monoisotopic (exact) mass is 231 g/mol. The van der Waals surface area contributed by atoms with Crippen LogP contribution >= 0.6 is 0 Å². The maximum atomic E-state index is 6.11. The molecular formula is C15H21NO. The van der Waals surface area contributed by atoms with Crippen LogP contribution in [0.3, 0.4) is 0 Å². The molecule has 0 amide bonds. The molecule has 0 heterocycles. The van der Waals surface area contributed by atoms with Crippen molar-refractivity contribution < 1.29 is 4.74 Å². The van der Waals surface area contributed by atoms with Crippen molar-refractivity contribution in [1.82, 2.24) is 0 Å². The van der Waals surface area contributed by atoms with E-state index in [1.54, 1.807) is 0 Å². The molecule has 0 aliphatic heterocycles. The van der Waals surface area contributed by atoms with Crippen LogP contribution < -0.4 is 10.5 Å². The predicted octanol–water partition coefficient (Wildman–Crippen LogP) is 2.76. The standard InChI is InChI=1S/C15H21NO/c16-8-7-11-2-5-14(6-3-11)17-15-10-12-1-4-13(15)9-12/h2-3,5-6,12-13,15H,1,4,7-10,16H2. The first-order valence-corrected chi connectivity index (χ1v) is 6.81. The summed E-state index contributed by atoms with van der Waals surface area (Å²) in [5.41, 5.74) is 6.84. The van der Waals surface area contributed by atoms with E-state index in [0.717, 1.165) is 24.0 Å². The van der Waals surface area contributed by atoms with Crippen LogP contribution in [-0.4, -0.2) is 12.6 Å². The van der Waals surface area contributed by atoms with Crippen LogP contribution in [0.2, 0.25) is 0 Å². The summed E-state index contributed by atoms with van der Waals surface area (Å²) in [6, 6.07) is 8.46. The molecule has 92 valence electrons. The second kappa shape index (κ2) is 4.69. The van der Waals surface area contributed by atoms with Gasteiger partial charge in [0.2, 0.25) is 0 Å². The number of hydrogen-bond acceptors (Lipinski definition) is 2. The lowest BCUT2D eigenvalue weighted by atomic mass is 9.98. The minimum atomic E-state index is 0.481. The molecule has 2 N–H and O–H groups in total. The van der Waals surface area contributed by atoms with E-state index < -0.39 is 0 Å². The lowest BCUT2D eigenvalue weighted by molar-refractivity contribution is 0.138. The van der Waals surface area contributed by atoms with Crippen molar-refractivity contribution in [2.24, 2.45) is 17.6 Å². The molecule has 1 aromatic carbocycles. The zero-order chi connectivity index (χ0) is 11.7. The second-order valence-electron chi connectivity index (χ2n) is 5.51. The van der Waals surface area contributed by atoms with Crippen LogP contribution in [0.25, 0.3) is 0 Å². The average Bonchev–Trinajstić information content (AvgIpc) is 2.94. The largest absolute Gasteiger partial charge is 0.490 e. The molecule has 2 bridgehead atoms. The number of benzene rings is 1. The first-order chi connectivity index (χ1) is 8.35. The van der Waals surface area contributed by atoms with Crippen LogP contribution in [0.4, 0.5) is 0 Å². The van der Waals surface area contributed by atoms with Gasteiger partial charge in [0.25, 0.3) is 0 Å². The molecule has 0 saturated heterocycles. The summed E-state index contributed by atoms with van der Waals surface area (Å²) in [7, 11) is 0. The minimum Gasteiger partial charge on any atom is -0.490 e. The Morgan fingerprint density at radius 3 is 2.53 bits per heavy atom. The topological polar surface area (TPSA) is 35.2 Å². The van der Waals surface area contributed by atoms with Crippen molar-refractivity contribution >= 4 is 0 Å². The second-order valence-corrected chi connectivity index (χ2v) is 5.51. The van der Waals surface area contributed by atoms with E-state index in [2.05, 4.69) is 24.3 Å². The number of ether oxygens (including phenoxy) is 1. The zero-order valence-corrected chi connectivity index (χ0v) is 10.3. The Bertz CT molecular complexity index is 373. The predicted molar refractivity (Wildman–Crippen MR) is 69.1 cm³/mol. The van der Waals surface area contributed by atoms with Crippen LogP contribution in [0.15, 0.2) is 24.3 Å². The van der Waals surface area contributed by atoms with E-state index in [9.17, 15) is 0 Å². The Balaban J connectivity index is 1.61. The number of rotatable bonds is 4. The van der Waals surface area contributed by atoms with Gasteiger partial charge in [-0.15, -0.1) is 0 Å². The van der Waals surface area contributed by atoms with Crippen molar-refractivity contribution in [2.45, 2.75) is 38.2 Å². The van der Waals surface area contributed by atoms with E-state index >= 15 is 0 Å². The van der Waals surface area contributed by atoms with E-state index in [1.807, 2.05) is 0 Å². The lowest BCUT2D eigenvalue weighted by Gasteiger charge is -2.23. The van der Waals surface area contributed by atoms with Gasteiger partial charge in [0.1, 0.15) is 11.9 Å². The smallest absolute Gasteiger partial charge is 0.119 e. The summed E-state index contributed by atoms with van der Waals surface area (Å²) in [4.78, 5) is 0. The van der Waals surface area contributed by atoms with Crippen LogP contribution in [0, 0.1) is 11.8 Å². The fourth-order valence-corrected chi connectivity index (χ4v) is 3.41. The maximum Gasteiger partial charge on any atom is 0.119 e. The summed E-state index contributed by atoms with van der Waals surface area (Å²) < 4.78 is 6.11. The van der Waals surface area contributed by atoms with Gasteiger partial charge in [-0.05, 0) is 68.2 Å². The normalized spacial score (nSPS) is 30.8. The van der Waals surface area contributed by atoms with Crippen molar-refractivity contribution in [1.29, 1.82) is 0 Å². The Hall–Kier alpha value is -1.02. The molecule has 2 aliphatic carbocycles. The molecule has 2 nitrogen and oxygen atoms in total. The highest BCUT2D eigenvalue weighted by molar-refractivity contribution is 5.27. The van der Waals surface area contributed by atoms with Gasteiger partial charge < -0.3 is 10.5 Å². The highest BCUT2D eigenvalue weighted by Gasteiger charge is 2.40. The van der Waals surface area contributed by atoms with Crippen molar-refractivity contribution in [2.75, 3.05) is 6.54 Å². The molecule has 1 aromatic rings. The highest BCUT2D eigenvalue weighted by atomic mass is 16.5. The molecule has 0 aromatic heterocycles. The molecule has 17 heavy (non-hydrogen) atoms. The summed E-state index contributed by atoms with van der Waals surface area (Å²) in [6.45, 7) is 0.715. The Morgan fingerprint density at radius 1 is 1.12 bits per heavy atom. The van der Waals surface area contributed by atoms with Gasteiger partial charge in [0, 0.05) is 0 Å². The maximum absolute atomic E-state index is 6.11. The third-order valence-corrected chi connectivity index (χ3v) is 4.32. The fraction of sp³-hybridized carbons (Fsp3) is 0.600. The Labute approximate surface area is 103 Å². The third-order valence-electron chi connectivity index (χ3n) is 4.32. The SMILES string of the molecule is NCCc1ccc(OC2CC3CCC2C3)cc1. The number of hydrogen-bond donors (Lipinski definition) is 1. The zero-order valence-electron chi connectivity index (χ0n) is 10.3. The average molecular weight is 231 g/mol. The number of nitrogens with two attached hydrogens (primary N) is 1. The Morgan fingerprint density at radius 2 is 1.94 bits per heavy atom. The molecular weight excluding hydrogens is 210 g/mol. The van der Waals surface area contributed by atoms with Gasteiger partial charge in [-0.1, -0.05) is 12.1 Å². The molecule has 3 rings (SSSR count). The van der Waals surface area contributed by atoms with E-state index in [-0.39, 0.29) is 0 Å². The van der Waals surface area contributed by atoms with Crippen molar-refractivity contribution in [3.8, 4) is 5.75 Å². The van der Waals surface area contributed by atoms with Gasteiger partial charge in [-0.3, -0.25) is 0 Å². The van der Waals surface area contributed by atoms with Crippen LogP contribution in [0.5, 0.6) is 5.75 Å². The number of fused-ring (bicyclic) bond motifs is 2. The van der Waals surface area contributed by atoms with Crippen molar-refractivity contribution in [3.63, 3.8) is 0 Å². The quantitative estimate of drug-likeness (QED) is 0.864. The fourth-order valence-electron chi connectivity index (χ4n) is 3.41. The highest BCUT2D eigenvalue weighted by Crippen LogP contribution is 2.45. The molecule has 2 fully saturated rings. The first kappa shape index (κ1) is 11.1. The van der Waals surface area contributed by atoms with Gasteiger partial charge in [0.05, 0.1) is 0 Å².